The molecule has 2 aromatic carbocycles. The van der Waals surface area contributed by atoms with Crippen LogP contribution in [0.4, 0.5) is 0 Å². The summed E-state index contributed by atoms with van der Waals surface area (Å²) in [5.41, 5.74) is 1.69. The molecule has 0 bridgehead atoms. The fraction of sp³-hybridized carbons (Fsp3) is 0.429. The quantitative estimate of drug-likeness (QED) is 0.209. The van der Waals surface area contributed by atoms with Crippen LogP contribution in [-0.2, 0) is 19.2 Å². The number of hydrogen-bond acceptors (Lipinski definition) is 7. The highest BCUT2D eigenvalue weighted by molar-refractivity contribution is 7.99. The lowest BCUT2D eigenvalue weighted by Gasteiger charge is -2.23. The highest BCUT2D eigenvalue weighted by atomic mass is 32.2. The Morgan fingerprint density at radius 3 is 1.43 bits per heavy atom. The van der Waals surface area contributed by atoms with E-state index in [-0.39, 0.29) is 24.7 Å². The molecule has 0 aliphatic carbocycles. The maximum absolute atomic E-state index is 11.6. The molecule has 0 aliphatic heterocycles. The second-order valence-electron chi connectivity index (χ2n) is 8.77. The number of carbonyl (C=O) groups excluding carboxylic acids is 2. The van der Waals surface area contributed by atoms with Crippen LogP contribution in [0, 0.1) is 0 Å². The van der Waals surface area contributed by atoms with Gasteiger partial charge in [0.15, 0.2) is 0 Å². The van der Waals surface area contributed by atoms with Crippen molar-refractivity contribution in [2.75, 3.05) is 11.5 Å². The molecule has 0 spiro atoms. The second-order valence-corrected chi connectivity index (χ2v) is 9.84. The first-order valence-electron chi connectivity index (χ1n) is 12.2. The van der Waals surface area contributed by atoms with Gasteiger partial charge in [0.05, 0.1) is 0 Å². The molecule has 0 heterocycles. The Morgan fingerprint density at radius 1 is 0.703 bits per heavy atom. The van der Waals surface area contributed by atoms with E-state index < -0.39 is 23.9 Å². The van der Waals surface area contributed by atoms with Crippen LogP contribution >= 0.6 is 11.8 Å². The summed E-state index contributed by atoms with van der Waals surface area (Å²) in [6, 6.07) is 14.5. The number of carboxylic acid groups (broad SMARTS) is 2. The largest absolute Gasteiger partial charge is 0.481 e. The molecule has 2 aromatic rings. The maximum Gasteiger partial charge on any atom is 0.308 e. The fourth-order valence-corrected chi connectivity index (χ4v) is 5.54. The van der Waals surface area contributed by atoms with Crippen molar-refractivity contribution in [3.63, 3.8) is 0 Å². The van der Waals surface area contributed by atoms with Gasteiger partial charge in [0.1, 0.15) is 11.5 Å². The van der Waals surface area contributed by atoms with E-state index in [0.29, 0.717) is 48.7 Å². The SMILES string of the molecule is CC(=O)Oc1ccccc1C(CCCC(=O)O)CSCC(CCCC(=O)O)c1ccccc1OC(C)=O. The van der Waals surface area contributed by atoms with Crippen molar-refractivity contribution < 1.29 is 38.9 Å². The molecule has 0 amide bonds. The first kappa shape index (κ1) is 29.9. The second kappa shape index (κ2) is 15.7. The minimum Gasteiger partial charge on any atom is -0.481 e. The summed E-state index contributed by atoms with van der Waals surface area (Å²) in [6.07, 6.45) is 2.25. The molecule has 9 heteroatoms. The third kappa shape index (κ3) is 11.1. The van der Waals surface area contributed by atoms with Crippen molar-refractivity contribution >= 4 is 35.6 Å². The third-order valence-corrected chi connectivity index (χ3v) is 7.03. The van der Waals surface area contributed by atoms with Crippen LogP contribution in [0.2, 0.25) is 0 Å². The molecule has 0 aromatic heterocycles. The Bertz CT molecular complexity index is 984. The molecule has 0 fully saturated rings. The monoisotopic (exact) mass is 530 g/mol. The van der Waals surface area contributed by atoms with Crippen LogP contribution in [0.25, 0.3) is 0 Å². The van der Waals surface area contributed by atoms with Crippen molar-refractivity contribution in [2.45, 2.75) is 64.2 Å². The van der Waals surface area contributed by atoms with Gasteiger partial charge in [0, 0.05) is 38.2 Å². The summed E-state index contributed by atoms with van der Waals surface area (Å²) in [5, 5.41) is 18.2. The number of benzene rings is 2. The van der Waals surface area contributed by atoms with E-state index in [9.17, 15) is 19.2 Å². The van der Waals surface area contributed by atoms with Crippen molar-refractivity contribution in [1.82, 2.24) is 0 Å². The predicted octanol–water partition coefficient (Wildman–Crippen LogP) is 5.65. The number of hydrogen-bond donors (Lipinski definition) is 2. The molecule has 2 unspecified atom stereocenters. The van der Waals surface area contributed by atoms with E-state index in [2.05, 4.69) is 0 Å². The standard InChI is InChI=1S/C28H34O8S/c1-19(29)35-25-13-5-3-11-23(25)21(9-7-15-27(31)32)17-37-18-22(10-8-16-28(33)34)24-12-4-6-14-26(24)36-20(2)30/h3-6,11-14,21-22H,7-10,15-18H2,1-2H3,(H,31,32)(H,33,34). The summed E-state index contributed by atoms with van der Waals surface area (Å²) in [7, 11) is 0. The van der Waals surface area contributed by atoms with Crippen LogP contribution < -0.4 is 9.47 Å². The first-order valence-corrected chi connectivity index (χ1v) is 13.4. The molecule has 0 aliphatic rings. The van der Waals surface area contributed by atoms with Crippen LogP contribution in [0.5, 0.6) is 11.5 Å². The van der Waals surface area contributed by atoms with Crippen molar-refractivity contribution in [2.24, 2.45) is 0 Å². The average Bonchev–Trinajstić information content (AvgIpc) is 2.82. The third-order valence-electron chi connectivity index (χ3n) is 5.75. The number of esters is 2. The Morgan fingerprint density at radius 2 is 1.08 bits per heavy atom. The van der Waals surface area contributed by atoms with Gasteiger partial charge >= 0.3 is 23.9 Å². The minimum atomic E-state index is -0.861. The smallest absolute Gasteiger partial charge is 0.308 e. The first-order chi connectivity index (χ1) is 17.7. The lowest BCUT2D eigenvalue weighted by atomic mass is 9.94. The zero-order valence-corrected chi connectivity index (χ0v) is 22.0. The van der Waals surface area contributed by atoms with Gasteiger partial charge in [-0.05, 0) is 60.8 Å². The molecule has 0 saturated heterocycles. The lowest BCUT2D eigenvalue weighted by molar-refractivity contribution is -0.138. The summed E-state index contributed by atoms with van der Waals surface area (Å²) in [6.45, 7) is 2.68. The number of carbonyl (C=O) groups is 4. The molecule has 0 saturated carbocycles. The zero-order valence-electron chi connectivity index (χ0n) is 21.2. The Kier molecular flexibility index (Phi) is 12.7. The Labute approximate surface area is 221 Å². The van der Waals surface area contributed by atoms with Gasteiger partial charge in [0.25, 0.3) is 0 Å². The maximum atomic E-state index is 11.6. The van der Waals surface area contributed by atoms with Gasteiger partial charge in [-0.3, -0.25) is 19.2 Å². The average molecular weight is 531 g/mol. The zero-order chi connectivity index (χ0) is 27.2. The van der Waals surface area contributed by atoms with Gasteiger partial charge in [0.2, 0.25) is 0 Å². The van der Waals surface area contributed by atoms with Gasteiger partial charge in [-0.15, -0.1) is 0 Å². The highest BCUT2D eigenvalue weighted by Gasteiger charge is 2.21. The van der Waals surface area contributed by atoms with Gasteiger partial charge in [-0.2, -0.15) is 11.8 Å². The molecular weight excluding hydrogens is 496 g/mol. The van der Waals surface area contributed by atoms with E-state index >= 15 is 0 Å². The van der Waals surface area contributed by atoms with E-state index in [1.165, 1.54) is 13.8 Å². The van der Waals surface area contributed by atoms with Crippen LogP contribution in [0.15, 0.2) is 48.5 Å². The molecule has 2 atom stereocenters. The molecular formula is C28H34O8S. The van der Waals surface area contributed by atoms with Crippen LogP contribution in [-0.4, -0.2) is 45.6 Å². The molecule has 2 N–H and O–H groups in total. The molecule has 0 radical (unpaired) electrons. The van der Waals surface area contributed by atoms with Gasteiger partial charge < -0.3 is 19.7 Å². The van der Waals surface area contributed by atoms with E-state index in [1.54, 1.807) is 36.0 Å². The number of thioether (sulfide) groups is 1. The summed E-state index contributed by atoms with van der Waals surface area (Å²) < 4.78 is 10.8. The van der Waals surface area contributed by atoms with E-state index in [4.69, 9.17) is 19.7 Å². The minimum absolute atomic E-state index is 0.0461. The number of para-hydroxylation sites is 2. The summed E-state index contributed by atoms with van der Waals surface area (Å²) in [4.78, 5) is 45.4. The molecule has 2 rings (SSSR count). The number of carboxylic acids is 2. The van der Waals surface area contributed by atoms with Gasteiger partial charge in [-0.25, -0.2) is 0 Å². The fourth-order valence-electron chi connectivity index (χ4n) is 4.14. The van der Waals surface area contributed by atoms with E-state index in [0.717, 1.165) is 11.1 Å². The Hall–Kier alpha value is -3.33. The number of aliphatic carboxylic acids is 2. The van der Waals surface area contributed by atoms with Crippen molar-refractivity contribution in [3.8, 4) is 11.5 Å². The van der Waals surface area contributed by atoms with E-state index in [1.807, 2.05) is 24.3 Å². The highest BCUT2D eigenvalue weighted by Crippen LogP contribution is 2.37. The van der Waals surface area contributed by atoms with Crippen molar-refractivity contribution in [1.29, 1.82) is 0 Å². The van der Waals surface area contributed by atoms with Crippen LogP contribution in [0.3, 0.4) is 0 Å². The number of ether oxygens (including phenoxy) is 2. The lowest BCUT2D eigenvalue weighted by Crippen LogP contribution is -2.12. The summed E-state index contributed by atoms with van der Waals surface area (Å²) >= 11 is 1.66. The molecule has 8 nitrogen and oxygen atoms in total. The van der Waals surface area contributed by atoms with Crippen LogP contribution in [0.1, 0.15) is 75.3 Å². The predicted molar refractivity (Wildman–Crippen MR) is 141 cm³/mol. The number of rotatable bonds is 16. The normalized spacial score (nSPS) is 12.4. The summed E-state index contributed by atoms with van der Waals surface area (Å²) in [5.74, 6) is -0.461. The Balaban J connectivity index is 2.22. The topological polar surface area (TPSA) is 127 Å². The van der Waals surface area contributed by atoms with Gasteiger partial charge in [-0.1, -0.05) is 36.4 Å². The van der Waals surface area contributed by atoms with Crippen molar-refractivity contribution in [3.05, 3.63) is 59.7 Å². The molecule has 200 valence electrons. The molecule has 37 heavy (non-hydrogen) atoms.